The summed E-state index contributed by atoms with van der Waals surface area (Å²) in [5.74, 6) is 1.10. The van der Waals surface area contributed by atoms with Crippen molar-refractivity contribution in [2.45, 2.75) is 17.5 Å². The molecule has 0 amide bonds. The number of para-hydroxylation sites is 1. The predicted molar refractivity (Wildman–Crippen MR) is 113 cm³/mol. The van der Waals surface area contributed by atoms with Crippen LogP contribution in [0.25, 0.3) is 11.4 Å². The Morgan fingerprint density at radius 2 is 1.77 bits per heavy atom. The second-order valence-electron chi connectivity index (χ2n) is 6.36. The molecule has 2 heterocycles. The van der Waals surface area contributed by atoms with Gasteiger partial charge in [-0.05, 0) is 6.07 Å². The molecular formula is C21H18N4O4S. The third-order valence-corrected chi connectivity index (χ3v) is 5.25. The van der Waals surface area contributed by atoms with Gasteiger partial charge in [0.05, 0.1) is 12.3 Å². The second-order valence-corrected chi connectivity index (χ2v) is 7.30. The molecule has 0 unspecified atom stereocenters. The van der Waals surface area contributed by atoms with E-state index in [1.807, 2.05) is 42.5 Å². The lowest BCUT2D eigenvalue weighted by Crippen LogP contribution is -2.17. The van der Waals surface area contributed by atoms with E-state index < -0.39 is 11.2 Å². The number of phenols is 1. The van der Waals surface area contributed by atoms with Crippen molar-refractivity contribution in [1.29, 1.82) is 0 Å². The summed E-state index contributed by atoms with van der Waals surface area (Å²) < 4.78 is 7.00. The Bertz CT molecular complexity index is 1210. The summed E-state index contributed by atoms with van der Waals surface area (Å²) in [6.45, 7) is 0.354. The van der Waals surface area contributed by atoms with Gasteiger partial charge < -0.3 is 20.1 Å². The predicted octanol–water partition coefficient (Wildman–Crippen LogP) is 3.35. The Morgan fingerprint density at radius 1 is 1.00 bits per heavy atom. The smallest absolute Gasteiger partial charge is 0.226 e. The van der Waals surface area contributed by atoms with Crippen molar-refractivity contribution in [2.75, 3.05) is 5.43 Å². The van der Waals surface area contributed by atoms with Gasteiger partial charge in [0.15, 0.2) is 11.6 Å². The van der Waals surface area contributed by atoms with Crippen LogP contribution in [0, 0.1) is 0 Å². The van der Waals surface area contributed by atoms with Crippen LogP contribution in [0.1, 0.15) is 11.3 Å². The molecular weight excluding hydrogens is 404 g/mol. The number of nitrogens with zero attached hydrogens (tertiary/aromatic N) is 3. The first-order valence-electron chi connectivity index (χ1n) is 9.07. The van der Waals surface area contributed by atoms with Gasteiger partial charge in [-0.15, -0.1) is 10.2 Å². The van der Waals surface area contributed by atoms with E-state index >= 15 is 0 Å². The Morgan fingerprint density at radius 3 is 2.53 bits per heavy atom. The molecule has 9 heteroatoms. The van der Waals surface area contributed by atoms with Crippen LogP contribution in [-0.4, -0.2) is 25.1 Å². The number of thioether (sulfide) groups is 1. The van der Waals surface area contributed by atoms with Gasteiger partial charge in [-0.1, -0.05) is 60.3 Å². The van der Waals surface area contributed by atoms with E-state index in [4.69, 9.17) is 4.42 Å². The normalized spacial score (nSPS) is 10.8. The van der Waals surface area contributed by atoms with Gasteiger partial charge in [0.1, 0.15) is 17.8 Å². The maximum atomic E-state index is 11.6. The largest absolute Gasteiger partial charge is 0.508 e. The Kier molecular flexibility index (Phi) is 5.71. The monoisotopic (exact) mass is 422 g/mol. The van der Waals surface area contributed by atoms with E-state index in [9.17, 15) is 15.0 Å². The average Bonchev–Trinajstić information content (AvgIpc) is 3.17. The lowest BCUT2D eigenvalue weighted by Gasteiger charge is -2.13. The van der Waals surface area contributed by atoms with Crippen LogP contribution >= 0.6 is 11.8 Å². The van der Waals surface area contributed by atoms with Crippen LogP contribution < -0.4 is 10.9 Å². The minimum Gasteiger partial charge on any atom is -0.508 e. The Balaban J connectivity index is 1.60. The van der Waals surface area contributed by atoms with E-state index in [1.54, 1.807) is 16.8 Å². The summed E-state index contributed by atoms with van der Waals surface area (Å²) in [5.41, 5.74) is 4.35. The third-order valence-electron chi connectivity index (χ3n) is 4.29. The molecule has 0 aliphatic carbocycles. The fourth-order valence-corrected chi connectivity index (χ4v) is 3.56. The van der Waals surface area contributed by atoms with Gasteiger partial charge in [-0.25, -0.2) is 4.68 Å². The molecule has 4 aromatic rings. The molecule has 0 aliphatic heterocycles. The van der Waals surface area contributed by atoms with Gasteiger partial charge in [0.2, 0.25) is 10.6 Å². The summed E-state index contributed by atoms with van der Waals surface area (Å²) in [5, 5.41) is 28.5. The van der Waals surface area contributed by atoms with Gasteiger partial charge in [-0.2, -0.15) is 0 Å². The Hall–Kier alpha value is -3.72. The molecule has 0 bridgehead atoms. The Labute approximate surface area is 175 Å². The highest BCUT2D eigenvalue weighted by Crippen LogP contribution is 2.26. The average molecular weight is 422 g/mol. The molecule has 0 fully saturated rings. The lowest BCUT2D eigenvalue weighted by molar-refractivity contribution is 0.419. The SMILES string of the molecule is O=c1cc(CSc2nnc(-c3ccccc3)n2NCc2ccccc2O)occ1O. The number of hydrogen-bond donors (Lipinski definition) is 3. The summed E-state index contributed by atoms with van der Waals surface area (Å²) >= 11 is 1.32. The summed E-state index contributed by atoms with van der Waals surface area (Å²) in [6.07, 6.45) is 1.02. The van der Waals surface area contributed by atoms with Gasteiger partial charge in [-0.3, -0.25) is 4.79 Å². The number of benzene rings is 2. The topological polar surface area (TPSA) is 113 Å². The highest BCUT2D eigenvalue weighted by molar-refractivity contribution is 7.98. The highest BCUT2D eigenvalue weighted by Gasteiger charge is 2.16. The fourth-order valence-electron chi connectivity index (χ4n) is 2.76. The summed E-state index contributed by atoms with van der Waals surface area (Å²) in [6, 6.07) is 17.9. The molecule has 0 spiro atoms. The number of nitrogens with one attached hydrogen (secondary N) is 1. The maximum Gasteiger partial charge on any atom is 0.226 e. The van der Waals surface area contributed by atoms with Gasteiger partial charge in [0, 0.05) is 17.2 Å². The van der Waals surface area contributed by atoms with Gasteiger partial charge in [0.25, 0.3) is 0 Å². The van der Waals surface area contributed by atoms with E-state index in [-0.39, 0.29) is 5.75 Å². The lowest BCUT2D eigenvalue weighted by atomic mass is 10.2. The molecule has 0 saturated carbocycles. The molecule has 0 radical (unpaired) electrons. The van der Waals surface area contributed by atoms with Crippen molar-refractivity contribution < 1.29 is 14.6 Å². The molecule has 2 aromatic carbocycles. The standard InChI is InChI=1S/C21H18N4O4S/c26-17-9-5-4-8-15(17)11-22-25-20(14-6-2-1-3-7-14)23-24-21(25)30-13-16-10-18(27)19(28)12-29-16/h1-10,12,22,26,28H,11,13H2. The van der Waals surface area contributed by atoms with E-state index in [0.717, 1.165) is 17.4 Å². The molecule has 0 saturated heterocycles. The molecule has 152 valence electrons. The van der Waals surface area contributed by atoms with Crippen molar-refractivity contribution in [3.05, 3.63) is 88.5 Å². The number of hydrogen-bond acceptors (Lipinski definition) is 8. The molecule has 0 aliphatic rings. The minimum absolute atomic E-state index is 0.194. The minimum atomic E-state index is -0.499. The number of aromatic nitrogens is 3. The summed E-state index contributed by atoms with van der Waals surface area (Å²) in [4.78, 5) is 11.6. The van der Waals surface area contributed by atoms with Crippen LogP contribution in [0.15, 0.2) is 81.3 Å². The first kappa shape index (κ1) is 19.6. The number of phenolic OH excluding ortho intramolecular Hbond substituents is 1. The molecule has 2 aromatic heterocycles. The van der Waals surface area contributed by atoms with Crippen LogP contribution in [0.2, 0.25) is 0 Å². The molecule has 30 heavy (non-hydrogen) atoms. The number of rotatable bonds is 7. The zero-order chi connectivity index (χ0) is 20.9. The van der Waals surface area contributed by atoms with Crippen molar-refractivity contribution in [3.8, 4) is 22.9 Å². The van der Waals surface area contributed by atoms with Crippen molar-refractivity contribution in [3.63, 3.8) is 0 Å². The zero-order valence-corrected chi connectivity index (χ0v) is 16.5. The van der Waals surface area contributed by atoms with Crippen molar-refractivity contribution >= 4 is 11.8 Å². The summed E-state index contributed by atoms with van der Waals surface area (Å²) in [7, 11) is 0. The van der Waals surface area contributed by atoms with Crippen molar-refractivity contribution in [2.24, 2.45) is 0 Å². The van der Waals surface area contributed by atoms with Crippen LogP contribution in [0.4, 0.5) is 0 Å². The van der Waals surface area contributed by atoms with E-state index in [0.29, 0.717) is 29.0 Å². The number of aromatic hydroxyl groups is 2. The van der Waals surface area contributed by atoms with E-state index in [2.05, 4.69) is 15.6 Å². The highest BCUT2D eigenvalue weighted by atomic mass is 32.2. The molecule has 8 nitrogen and oxygen atoms in total. The van der Waals surface area contributed by atoms with Crippen LogP contribution in [0.5, 0.6) is 11.5 Å². The molecule has 0 atom stereocenters. The second kappa shape index (κ2) is 8.75. The van der Waals surface area contributed by atoms with Crippen molar-refractivity contribution in [1.82, 2.24) is 14.9 Å². The quantitative estimate of drug-likeness (QED) is 0.389. The molecule has 3 N–H and O–H groups in total. The van der Waals surface area contributed by atoms with Gasteiger partial charge >= 0.3 is 0 Å². The zero-order valence-electron chi connectivity index (χ0n) is 15.7. The van der Waals surface area contributed by atoms with E-state index in [1.165, 1.54) is 17.8 Å². The van der Waals surface area contributed by atoms with Crippen LogP contribution in [0.3, 0.4) is 0 Å². The third kappa shape index (κ3) is 4.31. The maximum absolute atomic E-state index is 11.6. The van der Waals surface area contributed by atoms with Crippen LogP contribution in [-0.2, 0) is 12.3 Å². The fraction of sp³-hybridized carbons (Fsp3) is 0.0952. The first-order valence-corrected chi connectivity index (χ1v) is 10.1. The molecule has 4 rings (SSSR count). The first-order chi connectivity index (χ1) is 14.6.